The summed E-state index contributed by atoms with van der Waals surface area (Å²) in [4.78, 5) is 36.3. The van der Waals surface area contributed by atoms with Gasteiger partial charge in [-0.2, -0.15) is 0 Å². The molecule has 0 fully saturated rings. The number of benzene rings is 8. The van der Waals surface area contributed by atoms with Crippen molar-refractivity contribution in [1.29, 1.82) is 0 Å². The van der Waals surface area contributed by atoms with Crippen molar-refractivity contribution in [3.63, 3.8) is 0 Å². The van der Waals surface area contributed by atoms with Crippen LogP contribution in [0.25, 0.3) is 134 Å². The van der Waals surface area contributed by atoms with E-state index in [-0.39, 0.29) is 162 Å². The molecule has 0 radical (unpaired) electrons. The molecule has 11 aromatic rings. The quantitative estimate of drug-likeness (QED) is 0.0841. The van der Waals surface area contributed by atoms with Crippen molar-refractivity contribution in [1.82, 2.24) is 39.0 Å². The van der Waals surface area contributed by atoms with Crippen LogP contribution in [0, 0.1) is 0 Å². The molecular weight excluding hydrogens is 1660 g/mol. The van der Waals surface area contributed by atoms with E-state index in [2.05, 4.69) is 142 Å². The number of rotatable bonds is 4. The fraction of sp³-hybridized carbons (Fsp3) is 0.364. The van der Waals surface area contributed by atoms with Crippen molar-refractivity contribution in [3.05, 3.63) is 154 Å². The van der Waals surface area contributed by atoms with E-state index in [1.54, 1.807) is 0 Å². The summed E-state index contributed by atoms with van der Waals surface area (Å²) in [7, 11) is 0. The summed E-state index contributed by atoms with van der Waals surface area (Å²) >= 11 is 89.4. The molecule has 8 aromatic carbocycles. The lowest BCUT2D eigenvalue weighted by molar-refractivity contribution is 0.422. The highest BCUT2D eigenvalue weighted by molar-refractivity contribution is 6.58. The SMILES string of the molecule is CC(C)(C)c1cc(-c2cc3c(c(-c4cc(C(C)(C)C)c(O)c(C(C)(C)C)c4)c2-c2cc(C(C)(C)C)c(O)c(C(C)(C)C)c2)-c2nc-3nc3[nH]c(nc4nc(nc5c6c(Cl)c(Cl)c(Cl)c(-c7cc(C(C)(C)C)c(O)c(C(C)(C)C)c7)c6c(n2)n5Cl)-c2c(Cl)c(Cl)c(Cl)c(Cl)c2-4)c2c(Cl)c(Cl)c(Cl)c(Cl)c32)cc(C(C)(C)C)c1O. The molecule has 0 amide bonds. The standard InChI is InChI=1S/C88H86Cl12N8O4/c1-81(2,3)40-25-34(26-41(69(40)109)82(4,5)6)38-33-39-51(49(36-29-44(85(13,14)15)71(111)45(30-36)86(16,17)18)48(38)35-27-42(83(7,8)9)70(110)43(28-35)84(10,11)12)74-101-73(39)102-75-53-54(60(91)66(97)65(96)59(53)90)76(103-75)104-77-55-56(62(93)68(99)67(98)61(55)92)78(105-77)107-80-57-52(79(106-74)108(80)100)50(58(89)64(95)63(57)94)37-31-46(87(19,20)21)72(112)47(32-37)88(22,23)24/h25-33,109-112H,1-24H3,(H,101,102,103,104,105,106,107). The Morgan fingerprint density at radius 2 is 0.509 bits per heavy atom. The van der Waals surface area contributed by atoms with Crippen molar-refractivity contribution in [3.8, 4) is 113 Å². The number of H-pyrrole nitrogens is 1. The van der Waals surface area contributed by atoms with E-state index in [4.69, 9.17) is 169 Å². The first-order chi connectivity index (χ1) is 51.3. The average Bonchev–Trinajstić information content (AvgIpc) is 1.46. The Hall–Kier alpha value is -6.20. The first-order valence-corrected chi connectivity index (χ1v) is 41.0. The Kier molecular flexibility index (Phi) is 20.7. The molecule has 2 aliphatic heterocycles. The van der Waals surface area contributed by atoms with Gasteiger partial charge in [0.1, 0.15) is 34.3 Å². The van der Waals surface area contributed by atoms with Crippen LogP contribution >= 0.6 is 139 Å². The highest BCUT2D eigenvalue weighted by Crippen LogP contribution is 2.60. The van der Waals surface area contributed by atoms with E-state index in [0.717, 1.165) is 0 Å². The molecule has 8 bridgehead atoms. The van der Waals surface area contributed by atoms with Crippen LogP contribution < -0.4 is 0 Å². The predicted molar refractivity (Wildman–Crippen MR) is 474 cm³/mol. The van der Waals surface area contributed by atoms with Gasteiger partial charge in [-0.15, -0.1) is 0 Å². The Morgan fingerprint density at radius 1 is 0.250 bits per heavy atom. The van der Waals surface area contributed by atoms with E-state index in [1.165, 1.54) is 4.09 Å². The molecule has 13 rings (SSSR count). The lowest BCUT2D eigenvalue weighted by atomic mass is 9.73. The highest BCUT2D eigenvalue weighted by atomic mass is 35.5. The van der Waals surface area contributed by atoms with E-state index in [0.29, 0.717) is 94.6 Å². The molecule has 0 unspecified atom stereocenters. The van der Waals surface area contributed by atoms with Gasteiger partial charge >= 0.3 is 0 Å². The number of aromatic hydroxyl groups is 4. The van der Waals surface area contributed by atoms with E-state index in [1.807, 2.05) is 84.0 Å². The van der Waals surface area contributed by atoms with Crippen molar-refractivity contribution in [2.75, 3.05) is 0 Å². The van der Waals surface area contributed by atoms with Gasteiger partial charge in [-0.25, -0.2) is 34.0 Å². The summed E-state index contributed by atoms with van der Waals surface area (Å²) in [6, 6.07) is 18.0. The monoisotopic (exact) mass is 1740 g/mol. The molecule has 0 saturated carbocycles. The molecule has 586 valence electrons. The summed E-state index contributed by atoms with van der Waals surface area (Å²) in [6.07, 6.45) is 0. The topological polar surface area (TPSA) is 179 Å². The summed E-state index contributed by atoms with van der Waals surface area (Å²) < 4.78 is 1.22. The number of nitrogens with one attached hydrogen (secondary N) is 1. The number of hydrogen-bond donors (Lipinski definition) is 5. The third-order valence-corrected chi connectivity index (χ3v) is 26.2. The average molecular weight is 1750 g/mol. The molecule has 24 heteroatoms. The van der Waals surface area contributed by atoms with Gasteiger partial charge in [0.15, 0.2) is 34.6 Å². The van der Waals surface area contributed by atoms with E-state index in [9.17, 15) is 20.4 Å². The number of aromatic amines is 1. The normalized spacial score (nSPS) is 13.3. The maximum absolute atomic E-state index is 13.0. The number of nitrogens with zero attached hydrogens (tertiary/aromatic N) is 7. The van der Waals surface area contributed by atoms with Crippen LogP contribution in [-0.4, -0.2) is 59.4 Å². The number of fused-ring (bicyclic) bond motifs is 20. The van der Waals surface area contributed by atoms with Gasteiger partial charge in [-0.05, 0) is 131 Å². The highest BCUT2D eigenvalue weighted by Gasteiger charge is 2.40. The zero-order chi connectivity index (χ0) is 83.0. The zero-order valence-corrected chi connectivity index (χ0v) is 75.7. The minimum Gasteiger partial charge on any atom is -0.507 e. The molecule has 5 N–H and O–H groups in total. The largest absolute Gasteiger partial charge is 0.507 e. The number of aromatic nitrogens is 8. The molecular formula is C88H86Cl12N8O4. The first kappa shape index (κ1) is 83.7. The summed E-state index contributed by atoms with van der Waals surface area (Å²) in [6.45, 7) is 49.1. The second-order valence-corrected chi connectivity index (χ2v) is 42.1. The number of hydrogen-bond acceptors (Lipinski definition) is 10. The Bertz CT molecular complexity index is 6040. The summed E-state index contributed by atoms with van der Waals surface area (Å²) in [5, 5.41) is 50.8. The second-order valence-electron chi connectivity index (χ2n) is 37.6. The molecule has 112 heavy (non-hydrogen) atoms. The molecule has 0 spiro atoms. The summed E-state index contributed by atoms with van der Waals surface area (Å²) in [5.41, 5.74) is 5.02. The molecule has 3 aromatic heterocycles. The lowest BCUT2D eigenvalue weighted by Gasteiger charge is -2.32. The van der Waals surface area contributed by atoms with Crippen LogP contribution in [0.15, 0.2) is 54.6 Å². The van der Waals surface area contributed by atoms with Gasteiger partial charge in [-0.1, -0.05) is 294 Å². The van der Waals surface area contributed by atoms with Gasteiger partial charge in [0.05, 0.1) is 82.5 Å². The molecule has 5 heterocycles. The third kappa shape index (κ3) is 13.8. The molecule has 0 saturated heterocycles. The van der Waals surface area contributed by atoms with Gasteiger partial charge in [0.2, 0.25) is 0 Å². The first-order valence-electron chi connectivity index (χ1n) is 36.5. The van der Waals surface area contributed by atoms with Crippen LogP contribution in [0.2, 0.25) is 55.2 Å². The van der Waals surface area contributed by atoms with Crippen LogP contribution in [0.5, 0.6) is 23.0 Å². The van der Waals surface area contributed by atoms with Crippen molar-refractivity contribution >= 4 is 184 Å². The van der Waals surface area contributed by atoms with Gasteiger partial charge < -0.3 is 25.4 Å². The zero-order valence-electron chi connectivity index (χ0n) is 66.7. The van der Waals surface area contributed by atoms with Crippen molar-refractivity contribution in [2.24, 2.45) is 0 Å². The van der Waals surface area contributed by atoms with Gasteiger partial charge in [-0.3, -0.25) is 0 Å². The Balaban J connectivity index is 1.43. The third-order valence-electron chi connectivity index (χ3n) is 21.0. The van der Waals surface area contributed by atoms with Gasteiger partial charge in [0.25, 0.3) is 0 Å². The maximum Gasteiger partial charge on any atom is 0.166 e. The fourth-order valence-corrected chi connectivity index (χ4v) is 18.3. The van der Waals surface area contributed by atoms with E-state index >= 15 is 0 Å². The molecule has 2 aliphatic rings. The van der Waals surface area contributed by atoms with Crippen LogP contribution in [0.1, 0.15) is 211 Å². The second kappa shape index (κ2) is 27.7. The fourth-order valence-electron chi connectivity index (χ4n) is 15.2. The number of phenolic OH excluding ortho intramolecular Hbond substituents is 4. The van der Waals surface area contributed by atoms with Crippen molar-refractivity contribution < 1.29 is 20.4 Å². The van der Waals surface area contributed by atoms with Crippen molar-refractivity contribution in [2.45, 2.75) is 209 Å². The number of phenols is 4. The molecule has 0 aliphatic carbocycles. The maximum atomic E-state index is 13.0. The summed E-state index contributed by atoms with van der Waals surface area (Å²) in [5.74, 6) is 0.267. The van der Waals surface area contributed by atoms with E-state index < -0.39 is 43.3 Å². The smallest absolute Gasteiger partial charge is 0.166 e. The Morgan fingerprint density at radius 3 is 0.866 bits per heavy atom. The van der Waals surface area contributed by atoms with Gasteiger partial charge in [0, 0.05) is 83.9 Å². The predicted octanol–water partition coefficient (Wildman–Crippen LogP) is 30.4. The minimum atomic E-state index is -0.712. The van der Waals surface area contributed by atoms with Crippen LogP contribution in [0.3, 0.4) is 0 Å². The molecule has 0 atom stereocenters. The number of halogens is 12. The Labute approximate surface area is 713 Å². The van der Waals surface area contributed by atoms with Crippen LogP contribution in [0.4, 0.5) is 0 Å². The molecule has 12 nitrogen and oxygen atoms in total. The minimum absolute atomic E-state index is 0.000616. The van der Waals surface area contributed by atoms with Crippen LogP contribution in [-0.2, 0) is 43.3 Å². The lowest BCUT2D eigenvalue weighted by Crippen LogP contribution is -2.18.